The molecule has 2 heterocycles. The van der Waals surface area contributed by atoms with Crippen molar-refractivity contribution in [3.63, 3.8) is 0 Å². The summed E-state index contributed by atoms with van der Waals surface area (Å²) in [5.41, 5.74) is 1.84. The summed E-state index contributed by atoms with van der Waals surface area (Å²) < 4.78 is 17.3. The van der Waals surface area contributed by atoms with Crippen LogP contribution in [0.15, 0.2) is 63.8 Å². The molecule has 0 saturated carbocycles. The van der Waals surface area contributed by atoms with Crippen LogP contribution in [-0.2, 0) is 4.74 Å². The molecule has 0 aliphatic carbocycles. The molecule has 1 aliphatic rings. The molecule has 122 valence electrons. The van der Waals surface area contributed by atoms with Gasteiger partial charge in [-0.3, -0.25) is 0 Å². The fourth-order valence-corrected chi connectivity index (χ4v) is 3.33. The molecular weight excluding hydrogens is 304 g/mol. The van der Waals surface area contributed by atoms with E-state index in [0.29, 0.717) is 29.9 Å². The van der Waals surface area contributed by atoms with E-state index in [1.54, 1.807) is 6.07 Å². The summed E-state index contributed by atoms with van der Waals surface area (Å²) >= 11 is 0. The largest absolute Gasteiger partial charge is 0.464 e. The van der Waals surface area contributed by atoms with Gasteiger partial charge in [0.1, 0.15) is 11.3 Å². The molecular formula is C20H18O4. The lowest BCUT2D eigenvalue weighted by molar-refractivity contribution is -0.0889. The average Bonchev–Trinajstić information content (AvgIpc) is 2.62. The molecule has 1 aliphatic heterocycles. The van der Waals surface area contributed by atoms with Gasteiger partial charge in [-0.2, -0.15) is 0 Å². The van der Waals surface area contributed by atoms with Crippen LogP contribution in [0.2, 0.25) is 0 Å². The van der Waals surface area contributed by atoms with E-state index in [-0.39, 0.29) is 17.8 Å². The van der Waals surface area contributed by atoms with Crippen LogP contribution in [0.3, 0.4) is 0 Å². The van der Waals surface area contributed by atoms with Gasteiger partial charge in [0, 0.05) is 18.9 Å². The highest BCUT2D eigenvalue weighted by Crippen LogP contribution is 2.42. The smallest absolute Gasteiger partial charge is 0.343 e. The van der Waals surface area contributed by atoms with Crippen LogP contribution in [-0.4, -0.2) is 12.9 Å². The van der Waals surface area contributed by atoms with Crippen molar-refractivity contribution in [3.05, 3.63) is 76.1 Å². The molecule has 4 nitrogen and oxygen atoms in total. The third-order valence-corrected chi connectivity index (χ3v) is 4.38. The first-order chi connectivity index (χ1) is 11.8. The van der Waals surface area contributed by atoms with Crippen LogP contribution >= 0.6 is 0 Å². The lowest BCUT2D eigenvalue weighted by atomic mass is 9.86. The van der Waals surface area contributed by atoms with Gasteiger partial charge in [0.25, 0.3) is 0 Å². The third-order valence-electron chi connectivity index (χ3n) is 4.38. The molecule has 2 aromatic carbocycles. The highest BCUT2D eigenvalue weighted by atomic mass is 16.7. The van der Waals surface area contributed by atoms with E-state index in [1.807, 2.05) is 55.5 Å². The predicted octanol–water partition coefficient (Wildman–Crippen LogP) is 4.07. The van der Waals surface area contributed by atoms with Crippen LogP contribution in [0, 0.1) is 0 Å². The van der Waals surface area contributed by atoms with Crippen molar-refractivity contribution < 1.29 is 13.9 Å². The molecule has 0 saturated heterocycles. The number of rotatable bonds is 3. The zero-order valence-electron chi connectivity index (χ0n) is 13.4. The number of fused-ring (bicyclic) bond motifs is 3. The molecule has 24 heavy (non-hydrogen) atoms. The van der Waals surface area contributed by atoms with Gasteiger partial charge in [0.2, 0.25) is 6.29 Å². The summed E-state index contributed by atoms with van der Waals surface area (Å²) in [6.45, 7) is 2.49. The summed E-state index contributed by atoms with van der Waals surface area (Å²) in [7, 11) is 0. The lowest BCUT2D eigenvalue weighted by Crippen LogP contribution is -2.32. The Morgan fingerprint density at radius 3 is 2.62 bits per heavy atom. The summed E-state index contributed by atoms with van der Waals surface area (Å²) in [6.07, 6.45) is 0.214. The van der Waals surface area contributed by atoms with Gasteiger partial charge in [-0.1, -0.05) is 42.5 Å². The normalized spacial score (nSPS) is 19.7. The van der Waals surface area contributed by atoms with E-state index in [2.05, 4.69) is 0 Å². The Kier molecular flexibility index (Phi) is 3.82. The zero-order chi connectivity index (χ0) is 16.5. The predicted molar refractivity (Wildman–Crippen MR) is 91.4 cm³/mol. The van der Waals surface area contributed by atoms with Crippen molar-refractivity contribution in [2.45, 2.75) is 25.6 Å². The molecule has 0 N–H and O–H groups in total. The minimum absolute atomic E-state index is 0.104. The van der Waals surface area contributed by atoms with Gasteiger partial charge in [0.05, 0.1) is 10.9 Å². The molecule has 0 amide bonds. The van der Waals surface area contributed by atoms with Crippen molar-refractivity contribution in [3.8, 4) is 5.75 Å². The second kappa shape index (κ2) is 6.13. The molecule has 2 atom stereocenters. The Morgan fingerprint density at radius 2 is 1.83 bits per heavy atom. The monoisotopic (exact) mass is 322 g/mol. The fraction of sp³-hybridized carbons (Fsp3) is 0.250. The van der Waals surface area contributed by atoms with Gasteiger partial charge >= 0.3 is 5.63 Å². The van der Waals surface area contributed by atoms with Gasteiger partial charge in [-0.15, -0.1) is 0 Å². The Labute approximate surface area is 139 Å². The molecule has 1 aromatic heterocycles. The van der Waals surface area contributed by atoms with Crippen LogP contribution in [0.5, 0.6) is 5.75 Å². The van der Waals surface area contributed by atoms with E-state index in [4.69, 9.17) is 13.9 Å². The van der Waals surface area contributed by atoms with Gasteiger partial charge in [-0.05, 0) is 24.6 Å². The first kappa shape index (κ1) is 15.0. The van der Waals surface area contributed by atoms with E-state index >= 15 is 0 Å². The van der Waals surface area contributed by atoms with Gasteiger partial charge < -0.3 is 13.9 Å². The number of benzene rings is 2. The third kappa shape index (κ3) is 2.49. The second-order valence-electron chi connectivity index (χ2n) is 5.83. The maximum Gasteiger partial charge on any atom is 0.343 e. The summed E-state index contributed by atoms with van der Waals surface area (Å²) in [5.74, 6) is 0.479. The van der Waals surface area contributed by atoms with Crippen LogP contribution in [0.4, 0.5) is 0 Å². The van der Waals surface area contributed by atoms with Crippen LogP contribution in [0.25, 0.3) is 11.0 Å². The minimum Gasteiger partial charge on any atom is -0.464 e. The highest BCUT2D eigenvalue weighted by Gasteiger charge is 2.34. The van der Waals surface area contributed by atoms with E-state index in [9.17, 15) is 4.79 Å². The summed E-state index contributed by atoms with van der Waals surface area (Å²) in [5, 5.41) is 0.803. The number of para-hydroxylation sites is 1. The maximum atomic E-state index is 12.6. The fourth-order valence-electron chi connectivity index (χ4n) is 3.33. The molecule has 0 radical (unpaired) electrons. The van der Waals surface area contributed by atoms with E-state index in [1.165, 1.54) is 0 Å². The molecule has 0 fully saturated rings. The van der Waals surface area contributed by atoms with Crippen molar-refractivity contribution in [1.82, 2.24) is 0 Å². The van der Waals surface area contributed by atoms with Crippen molar-refractivity contribution in [2.75, 3.05) is 6.61 Å². The number of hydrogen-bond acceptors (Lipinski definition) is 4. The number of hydrogen-bond donors (Lipinski definition) is 0. The SMILES string of the molecule is CCO[C@@H]1C[C@@H](c2ccccc2)c2c(c3ccccc3oc2=O)O1. The molecule has 0 unspecified atom stereocenters. The Bertz CT molecular complexity index is 914. The maximum absolute atomic E-state index is 12.6. The first-order valence-electron chi connectivity index (χ1n) is 8.17. The summed E-state index contributed by atoms with van der Waals surface area (Å²) in [6, 6.07) is 17.4. The molecule has 0 spiro atoms. The topological polar surface area (TPSA) is 48.7 Å². The van der Waals surface area contributed by atoms with Crippen LogP contribution in [0.1, 0.15) is 30.4 Å². The first-order valence-corrected chi connectivity index (χ1v) is 8.17. The minimum atomic E-state index is -0.377. The molecule has 0 bridgehead atoms. The highest BCUT2D eigenvalue weighted by molar-refractivity contribution is 5.85. The van der Waals surface area contributed by atoms with Gasteiger partial charge in [-0.25, -0.2) is 4.79 Å². The molecule has 3 aromatic rings. The van der Waals surface area contributed by atoms with E-state index < -0.39 is 0 Å². The lowest BCUT2D eigenvalue weighted by Gasteiger charge is -2.31. The molecule has 4 rings (SSSR count). The van der Waals surface area contributed by atoms with Crippen molar-refractivity contribution in [2.24, 2.45) is 0 Å². The zero-order valence-corrected chi connectivity index (χ0v) is 13.4. The van der Waals surface area contributed by atoms with Crippen molar-refractivity contribution >= 4 is 11.0 Å². The Balaban J connectivity index is 1.95. The Hall–Kier alpha value is -2.59. The summed E-state index contributed by atoms with van der Waals surface area (Å²) in [4.78, 5) is 12.6. The van der Waals surface area contributed by atoms with Crippen LogP contribution < -0.4 is 10.4 Å². The van der Waals surface area contributed by atoms with Crippen molar-refractivity contribution in [1.29, 1.82) is 0 Å². The quantitative estimate of drug-likeness (QED) is 0.682. The number of ether oxygens (including phenoxy) is 2. The van der Waals surface area contributed by atoms with E-state index in [0.717, 1.165) is 10.9 Å². The Morgan fingerprint density at radius 1 is 1.08 bits per heavy atom. The molecule has 4 heteroatoms. The van der Waals surface area contributed by atoms with Gasteiger partial charge in [0.15, 0.2) is 0 Å². The average molecular weight is 322 g/mol. The standard InChI is InChI=1S/C20H18O4/c1-2-22-17-12-15(13-8-4-3-5-9-13)18-19(24-17)14-10-6-7-11-16(14)23-20(18)21/h3-11,15,17H,2,12H2,1H3/t15-,17-/m0/s1. The second-order valence-corrected chi connectivity index (χ2v) is 5.83.